The summed E-state index contributed by atoms with van der Waals surface area (Å²) in [6.45, 7) is 6.45. The quantitative estimate of drug-likeness (QED) is 0.290. The average Bonchev–Trinajstić information content (AvgIpc) is 2.96. The number of benzene rings is 1. The van der Waals surface area contributed by atoms with E-state index in [-0.39, 0.29) is 0 Å². The van der Waals surface area contributed by atoms with E-state index in [2.05, 4.69) is 97.6 Å². The lowest BCUT2D eigenvalue weighted by atomic mass is 9.54. The highest BCUT2D eigenvalue weighted by molar-refractivity contribution is 5.88. The molecule has 1 aromatic carbocycles. The van der Waals surface area contributed by atoms with Gasteiger partial charge in [-0.25, -0.2) is 0 Å². The highest BCUT2D eigenvalue weighted by Gasteiger charge is 2.47. The number of rotatable bonds is 5. The fourth-order valence-corrected chi connectivity index (χ4v) is 8.40. The number of hydrogen-bond acceptors (Lipinski definition) is 1. The molecule has 7 unspecified atom stereocenters. The van der Waals surface area contributed by atoms with Crippen molar-refractivity contribution in [1.29, 1.82) is 0 Å². The summed E-state index contributed by atoms with van der Waals surface area (Å²) in [6, 6.07) is 11.1. The van der Waals surface area contributed by atoms with E-state index in [0.29, 0.717) is 29.6 Å². The van der Waals surface area contributed by atoms with Crippen LogP contribution >= 0.6 is 0 Å². The van der Waals surface area contributed by atoms with E-state index in [9.17, 15) is 0 Å². The average molecular weight is 488 g/mol. The van der Waals surface area contributed by atoms with Gasteiger partial charge in [0.1, 0.15) is 0 Å². The minimum atomic E-state index is 0.572. The first-order valence-corrected chi connectivity index (χ1v) is 14.6. The molecule has 0 radical (unpaired) electrons. The topological polar surface area (TPSA) is 12.4 Å². The van der Waals surface area contributed by atoms with Crippen LogP contribution in [0.1, 0.15) is 57.4 Å². The van der Waals surface area contributed by atoms with Crippen LogP contribution in [0.3, 0.4) is 0 Å². The number of allylic oxidation sites excluding steroid dienone is 12. The molecule has 1 heterocycles. The predicted octanol–water partition coefficient (Wildman–Crippen LogP) is 9.31. The molecule has 6 rings (SSSR count). The molecule has 7 atom stereocenters. The van der Waals surface area contributed by atoms with Gasteiger partial charge in [-0.3, -0.25) is 4.99 Å². The summed E-state index contributed by atoms with van der Waals surface area (Å²) in [7, 11) is 0. The van der Waals surface area contributed by atoms with Crippen molar-refractivity contribution >= 4 is 11.8 Å². The highest BCUT2D eigenvalue weighted by Crippen LogP contribution is 2.56. The number of fused-ring (bicyclic) bond motifs is 2. The Morgan fingerprint density at radius 3 is 2.49 bits per heavy atom. The molecule has 0 saturated heterocycles. The molecule has 1 aliphatic heterocycles. The van der Waals surface area contributed by atoms with Crippen LogP contribution < -0.4 is 0 Å². The maximum Gasteiger partial charge on any atom is 0.0227 e. The first kappa shape index (κ1) is 24.4. The van der Waals surface area contributed by atoms with Crippen molar-refractivity contribution < 1.29 is 0 Å². The zero-order valence-corrected chi connectivity index (χ0v) is 22.3. The Morgan fingerprint density at radius 1 is 0.946 bits per heavy atom. The molecule has 0 amide bonds. The molecule has 1 fully saturated rings. The molecule has 190 valence electrons. The smallest absolute Gasteiger partial charge is 0.0227 e. The lowest BCUT2D eigenvalue weighted by Gasteiger charge is -2.50. The number of hydrogen-bond donors (Lipinski definition) is 0. The third kappa shape index (κ3) is 4.52. The Balaban J connectivity index is 1.45. The monoisotopic (exact) mass is 487 g/mol. The molecular formula is C36H41N. The fourth-order valence-electron chi connectivity index (χ4n) is 8.40. The van der Waals surface area contributed by atoms with Crippen LogP contribution in [0, 0.1) is 41.4 Å². The molecule has 1 heteroatoms. The molecule has 0 spiro atoms. The van der Waals surface area contributed by atoms with Gasteiger partial charge in [-0.1, -0.05) is 104 Å². The second kappa shape index (κ2) is 10.8. The highest BCUT2D eigenvalue weighted by atomic mass is 14.7. The summed E-state index contributed by atoms with van der Waals surface area (Å²) in [4.78, 5) is 4.37. The van der Waals surface area contributed by atoms with Crippen LogP contribution in [0.5, 0.6) is 0 Å². The van der Waals surface area contributed by atoms with E-state index in [0.717, 1.165) is 18.3 Å². The van der Waals surface area contributed by atoms with Crippen molar-refractivity contribution in [2.75, 3.05) is 0 Å². The molecule has 0 aromatic heterocycles. The fraction of sp³-hybridized carbons (Fsp3) is 0.417. The first-order valence-electron chi connectivity index (χ1n) is 14.6. The normalized spacial score (nSPS) is 35.1. The predicted molar refractivity (Wildman–Crippen MR) is 158 cm³/mol. The zero-order chi connectivity index (χ0) is 25.2. The Morgan fingerprint density at radius 2 is 1.73 bits per heavy atom. The molecule has 0 N–H and O–H groups in total. The zero-order valence-electron chi connectivity index (χ0n) is 22.3. The van der Waals surface area contributed by atoms with Crippen molar-refractivity contribution in [3.8, 4) is 0 Å². The van der Waals surface area contributed by atoms with Crippen LogP contribution in [0.2, 0.25) is 0 Å². The minimum absolute atomic E-state index is 0.572. The molecule has 1 aromatic rings. The van der Waals surface area contributed by atoms with Gasteiger partial charge in [-0.15, -0.1) is 0 Å². The van der Waals surface area contributed by atoms with Gasteiger partial charge in [-0.2, -0.15) is 0 Å². The maximum absolute atomic E-state index is 4.37. The van der Waals surface area contributed by atoms with Gasteiger partial charge < -0.3 is 0 Å². The third-order valence-electron chi connectivity index (χ3n) is 9.95. The van der Waals surface area contributed by atoms with Crippen LogP contribution in [-0.4, -0.2) is 6.21 Å². The van der Waals surface area contributed by atoms with E-state index >= 15 is 0 Å². The largest absolute Gasteiger partial charge is 0.269 e. The standard InChI is InChI=1S/C36H41N/c1-3-4-14-28-25(2)35(32-17-10-11-18-33(32)36(28)27-12-6-5-7-13-27)34-20-19-29(26-21-23-37-24-22-26)30-15-8-9-16-31(30)34/h3-7,11-14,18-21,23-24,26,29-32,34-35H,1,8-10,15-17,22H2,2H3/b14-4-. The lowest BCUT2D eigenvalue weighted by Crippen LogP contribution is -2.43. The van der Waals surface area contributed by atoms with E-state index < -0.39 is 0 Å². The van der Waals surface area contributed by atoms with Crippen molar-refractivity contribution in [3.63, 3.8) is 0 Å². The SMILES string of the molecule is C=C/C=C\C1=C(C)C(C2C=CC(C3C=CN=CC3)C3CCCCC23)C2CCC=CC2=C1c1ccccc1. The molecule has 5 aliphatic rings. The van der Waals surface area contributed by atoms with Crippen LogP contribution in [0.25, 0.3) is 5.57 Å². The Bertz CT molecular complexity index is 1220. The molecule has 1 saturated carbocycles. The molecule has 1 nitrogen and oxygen atoms in total. The summed E-state index contributed by atoms with van der Waals surface area (Å²) in [5.74, 6) is 4.65. The Kier molecular flexibility index (Phi) is 7.14. The van der Waals surface area contributed by atoms with Gasteiger partial charge in [0.05, 0.1) is 0 Å². The van der Waals surface area contributed by atoms with Crippen molar-refractivity contribution in [3.05, 3.63) is 114 Å². The van der Waals surface area contributed by atoms with Gasteiger partial charge in [-0.05, 0) is 103 Å². The van der Waals surface area contributed by atoms with E-state index in [1.807, 2.05) is 12.3 Å². The van der Waals surface area contributed by atoms with Gasteiger partial charge in [0, 0.05) is 12.4 Å². The second-order valence-corrected chi connectivity index (χ2v) is 11.7. The van der Waals surface area contributed by atoms with Crippen molar-refractivity contribution in [2.24, 2.45) is 46.4 Å². The first-order chi connectivity index (χ1) is 18.3. The van der Waals surface area contributed by atoms with Crippen LogP contribution in [-0.2, 0) is 0 Å². The van der Waals surface area contributed by atoms with Crippen LogP contribution in [0.4, 0.5) is 0 Å². The second-order valence-electron chi connectivity index (χ2n) is 11.7. The lowest BCUT2D eigenvalue weighted by molar-refractivity contribution is 0.0803. The maximum atomic E-state index is 4.37. The van der Waals surface area contributed by atoms with Crippen molar-refractivity contribution in [1.82, 2.24) is 0 Å². The third-order valence-corrected chi connectivity index (χ3v) is 9.95. The molecule has 0 bridgehead atoms. The molecule has 37 heavy (non-hydrogen) atoms. The summed E-state index contributed by atoms with van der Waals surface area (Å²) in [5, 5.41) is 0. The Labute approximate surface area is 223 Å². The van der Waals surface area contributed by atoms with E-state index in [1.165, 1.54) is 55.2 Å². The minimum Gasteiger partial charge on any atom is -0.269 e. The number of nitrogens with zero attached hydrogens (tertiary/aromatic N) is 1. The van der Waals surface area contributed by atoms with Gasteiger partial charge in [0.2, 0.25) is 0 Å². The van der Waals surface area contributed by atoms with Gasteiger partial charge >= 0.3 is 0 Å². The molecule has 4 aliphatic carbocycles. The van der Waals surface area contributed by atoms with Gasteiger partial charge in [0.25, 0.3) is 0 Å². The summed E-state index contributed by atoms with van der Waals surface area (Å²) in [5.41, 5.74) is 7.35. The van der Waals surface area contributed by atoms with E-state index in [4.69, 9.17) is 0 Å². The van der Waals surface area contributed by atoms with Crippen molar-refractivity contribution in [2.45, 2.75) is 51.9 Å². The Hall–Kier alpha value is -2.93. The summed E-state index contributed by atoms with van der Waals surface area (Å²) in [6.07, 6.45) is 32.3. The summed E-state index contributed by atoms with van der Waals surface area (Å²) < 4.78 is 0. The van der Waals surface area contributed by atoms with Gasteiger partial charge in [0.15, 0.2) is 0 Å². The molecular weight excluding hydrogens is 446 g/mol. The summed E-state index contributed by atoms with van der Waals surface area (Å²) >= 11 is 0. The van der Waals surface area contributed by atoms with E-state index in [1.54, 1.807) is 11.1 Å². The van der Waals surface area contributed by atoms with Crippen LogP contribution in [0.15, 0.2) is 113 Å². The number of aliphatic imine (C=N–C) groups is 1.